The summed E-state index contributed by atoms with van der Waals surface area (Å²) in [6, 6.07) is 0. The third kappa shape index (κ3) is 9.60. The number of hydrogen-bond acceptors (Lipinski definition) is 3. The summed E-state index contributed by atoms with van der Waals surface area (Å²) in [4.78, 5) is 0. The third-order valence-corrected chi connectivity index (χ3v) is 1.80. The summed E-state index contributed by atoms with van der Waals surface area (Å²) in [5.74, 6) is -0.939. The number of allylic oxidation sites excluding steroid dienone is 3. The minimum atomic E-state index is -4.99. The summed E-state index contributed by atoms with van der Waals surface area (Å²) < 4.78 is 60.1. The van der Waals surface area contributed by atoms with Gasteiger partial charge in [-0.3, -0.25) is 0 Å². The maximum atomic E-state index is 11.8. The molecule has 16 heavy (non-hydrogen) atoms. The van der Waals surface area contributed by atoms with Crippen LogP contribution in [0.2, 0.25) is 0 Å². The molecule has 0 N–H and O–H groups in total. The molecule has 0 unspecified atom stereocenters. The molecule has 0 radical (unpaired) electrons. The van der Waals surface area contributed by atoms with Crippen LogP contribution in [-0.2, 0) is 13.8 Å². The van der Waals surface area contributed by atoms with E-state index in [4.69, 9.17) is 10.7 Å². The van der Waals surface area contributed by atoms with E-state index < -0.39 is 21.2 Å². The van der Waals surface area contributed by atoms with Crippen LogP contribution in [0.25, 0.3) is 0 Å². The van der Waals surface area contributed by atoms with Crippen LogP contribution < -0.4 is 0 Å². The minimum Gasteiger partial charge on any atom is -0.405 e. The van der Waals surface area contributed by atoms with Gasteiger partial charge in [0.25, 0.3) is 9.05 Å². The zero-order valence-electron chi connectivity index (χ0n) is 8.08. The van der Waals surface area contributed by atoms with Gasteiger partial charge in [0.15, 0.2) is 0 Å². The second-order valence-corrected chi connectivity index (χ2v) is 5.20. The average Bonchev–Trinajstić information content (AvgIpc) is 1.93. The third-order valence-electron chi connectivity index (χ3n) is 1.02. The molecular formula is C8H8ClF3O3S. The van der Waals surface area contributed by atoms with E-state index >= 15 is 0 Å². The van der Waals surface area contributed by atoms with Gasteiger partial charge in [-0.25, -0.2) is 8.42 Å². The van der Waals surface area contributed by atoms with E-state index in [0.29, 0.717) is 5.57 Å². The smallest absolute Gasteiger partial charge is 0.405 e. The Labute approximate surface area is 95.3 Å². The molecule has 0 bridgehead atoms. The Bertz CT molecular complexity index is 420. The predicted molar refractivity (Wildman–Crippen MR) is 53.9 cm³/mol. The first-order valence-electron chi connectivity index (χ1n) is 3.75. The molecule has 0 saturated carbocycles. The Morgan fingerprint density at radius 1 is 1.38 bits per heavy atom. The van der Waals surface area contributed by atoms with E-state index in [9.17, 15) is 21.6 Å². The lowest BCUT2D eigenvalue weighted by Crippen LogP contribution is -2.12. The van der Waals surface area contributed by atoms with Crippen molar-refractivity contribution in [3.8, 4) is 0 Å². The van der Waals surface area contributed by atoms with E-state index in [1.165, 1.54) is 6.92 Å². The van der Waals surface area contributed by atoms with Gasteiger partial charge in [0, 0.05) is 10.7 Å². The van der Waals surface area contributed by atoms with Gasteiger partial charge in [0.2, 0.25) is 0 Å². The Morgan fingerprint density at radius 3 is 2.19 bits per heavy atom. The quantitative estimate of drug-likeness (QED) is 0.450. The van der Waals surface area contributed by atoms with Crippen LogP contribution in [0.15, 0.2) is 35.5 Å². The fraction of sp³-hybridized carbons (Fsp3) is 0.250. The zero-order chi connectivity index (χ0) is 13.0. The largest absolute Gasteiger partial charge is 0.573 e. The van der Waals surface area contributed by atoms with Crippen LogP contribution in [-0.4, -0.2) is 14.8 Å². The van der Waals surface area contributed by atoms with Crippen LogP contribution in [0.1, 0.15) is 6.92 Å². The first-order chi connectivity index (χ1) is 6.99. The molecule has 0 aromatic heterocycles. The highest BCUT2D eigenvalue weighted by Gasteiger charge is 2.32. The topological polar surface area (TPSA) is 43.4 Å². The predicted octanol–water partition coefficient (Wildman–Crippen LogP) is 3.07. The van der Waals surface area contributed by atoms with E-state index in [2.05, 4.69) is 11.3 Å². The van der Waals surface area contributed by atoms with Gasteiger partial charge in [-0.1, -0.05) is 18.2 Å². The summed E-state index contributed by atoms with van der Waals surface area (Å²) in [7, 11) is 0.525. The van der Waals surface area contributed by atoms with Crippen molar-refractivity contribution in [1.29, 1.82) is 0 Å². The van der Waals surface area contributed by atoms with E-state index in [-0.39, 0.29) is 5.41 Å². The van der Waals surface area contributed by atoms with Crippen LogP contribution in [0.5, 0.6) is 0 Å². The van der Waals surface area contributed by atoms with Gasteiger partial charge in [-0.05, 0) is 13.0 Å². The van der Waals surface area contributed by atoms with Crippen LogP contribution in [0.3, 0.4) is 0 Å². The van der Waals surface area contributed by atoms with Crippen molar-refractivity contribution >= 4 is 19.7 Å². The molecule has 8 heteroatoms. The summed E-state index contributed by atoms with van der Waals surface area (Å²) in [5, 5.41) is 0.154. The average molecular weight is 277 g/mol. The van der Waals surface area contributed by atoms with Crippen molar-refractivity contribution in [3.63, 3.8) is 0 Å². The van der Waals surface area contributed by atoms with Crippen LogP contribution >= 0.6 is 10.7 Å². The second kappa shape index (κ2) is 5.40. The van der Waals surface area contributed by atoms with E-state index in [1.54, 1.807) is 0 Å². The maximum Gasteiger partial charge on any atom is 0.573 e. The molecule has 0 aliphatic rings. The van der Waals surface area contributed by atoms with Gasteiger partial charge in [-0.15, -0.1) is 13.2 Å². The minimum absolute atomic E-state index is 0.154. The van der Waals surface area contributed by atoms with Gasteiger partial charge >= 0.3 is 6.36 Å². The molecule has 0 spiro atoms. The molecule has 0 heterocycles. The molecule has 0 aliphatic carbocycles. The van der Waals surface area contributed by atoms with Gasteiger partial charge in [0.05, 0.1) is 5.41 Å². The highest BCUT2D eigenvalue weighted by Crippen LogP contribution is 2.22. The number of rotatable bonds is 4. The molecule has 0 saturated heterocycles. The zero-order valence-corrected chi connectivity index (χ0v) is 9.66. The Balaban J connectivity index is 5.08. The number of hydrogen-bond donors (Lipinski definition) is 0. The number of halogens is 4. The lowest BCUT2D eigenvalue weighted by atomic mass is 10.3. The Kier molecular flexibility index (Phi) is 5.08. The summed E-state index contributed by atoms with van der Waals surface area (Å²) in [6.45, 7) is 4.90. The fourth-order valence-electron chi connectivity index (χ4n) is 0.594. The molecule has 0 aromatic rings. The highest BCUT2D eigenvalue weighted by atomic mass is 35.7. The van der Waals surface area contributed by atoms with Gasteiger partial charge < -0.3 is 4.74 Å². The molecule has 0 rings (SSSR count). The monoisotopic (exact) mass is 276 g/mol. The highest BCUT2D eigenvalue weighted by molar-refractivity contribution is 8.16. The molecular weight excluding hydrogens is 269 g/mol. The molecule has 0 fully saturated rings. The molecule has 3 nitrogen and oxygen atoms in total. The van der Waals surface area contributed by atoms with Crippen molar-refractivity contribution in [1.82, 2.24) is 0 Å². The summed E-state index contributed by atoms with van der Waals surface area (Å²) in [6.07, 6.45) is -3.04. The molecule has 0 atom stereocenters. The molecule has 92 valence electrons. The van der Waals surface area contributed by atoms with Crippen molar-refractivity contribution in [2.75, 3.05) is 0 Å². The normalized spacial score (nSPS) is 14.2. The SMILES string of the molecule is C=C(C)/C=C\C(=C\S(=O)(=O)Cl)OC(F)(F)F. The lowest BCUT2D eigenvalue weighted by molar-refractivity contribution is -0.303. The number of alkyl halides is 3. The lowest BCUT2D eigenvalue weighted by Gasteiger charge is -2.08. The van der Waals surface area contributed by atoms with Crippen LogP contribution in [0.4, 0.5) is 13.2 Å². The fourth-order valence-corrected chi connectivity index (χ4v) is 1.26. The summed E-state index contributed by atoms with van der Waals surface area (Å²) >= 11 is 0. The van der Waals surface area contributed by atoms with Crippen molar-refractivity contribution in [3.05, 3.63) is 35.5 Å². The second-order valence-electron chi connectivity index (χ2n) is 2.72. The van der Waals surface area contributed by atoms with Crippen molar-refractivity contribution in [2.45, 2.75) is 13.3 Å². The Morgan fingerprint density at radius 2 is 1.88 bits per heavy atom. The van der Waals surface area contributed by atoms with Crippen molar-refractivity contribution < 1.29 is 26.3 Å². The first kappa shape index (κ1) is 15.0. The Hall–Kier alpha value is -0.950. The van der Waals surface area contributed by atoms with E-state index in [1.807, 2.05) is 0 Å². The molecule has 0 aliphatic heterocycles. The first-order valence-corrected chi connectivity index (χ1v) is 6.12. The standard InChI is InChI=1S/C8H8ClF3O3S/c1-6(2)3-4-7(5-16(9,13)14)15-8(10,11)12/h3-5H,1H2,2H3/b4-3-,7-5-. The maximum absolute atomic E-state index is 11.8. The molecule has 0 aromatic carbocycles. The summed E-state index contributed by atoms with van der Waals surface area (Å²) in [5.41, 5.74) is 0.420. The van der Waals surface area contributed by atoms with E-state index in [0.717, 1.165) is 12.2 Å². The number of ether oxygens (including phenoxy) is 1. The molecule has 0 amide bonds. The van der Waals surface area contributed by atoms with Gasteiger partial charge in [-0.2, -0.15) is 0 Å². The van der Waals surface area contributed by atoms with Crippen LogP contribution in [0, 0.1) is 0 Å². The van der Waals surface area contributed by atoms with Gasteiger partial charge in [0.1, 0.15) is 5.76 Å². The van der Waals surface area contributed by atoms with Crippen molar-refractivity contribution in [2.24, 2.45) is 0 Å².